The number of rotatable bonds is 2. The van der Waals surface area contributed by atoms with Gasteiger partial charge in [0.2, 0.25) is 0 Å². The molecule has 0 saturated carbocycles. The molecular weight excluding hydrogens is 255 g/mol. The average molecular weight is 264 g/mol. The lowest BCUT2D eigenvalue weighted by atomic mass is 10.1. The van der Waals surface area contributed by atoms with Crippen molar-refractivity contribution in [1.29, 1.82) is 0 Å². The first-order valence-corrected chi connectivity index (χ1v) is 5.14. The van der Waals surface area contributed by atoms with Crippen molar-refractivity contribution in [2.24, 2.45) is 0 Å². The predicted molar refractivity (Wildman–Crippen MR) is 55.8 cm³/mol. The zero-order valence-corrected chi connectivity index (χ0v) is 9.32. The summed E-state index contributed by atoms with van der Waals surface area (Å²) in [5, 5.41) is 9.76. The van der Waals surface area contributed by atoms with Crippen molar-refractivity contribution >= 4 is 33.5 Å². The van der Waals surface area contributed by atoms with Gasteiger partial charge in [0.25, 0.3) is 0 Å². The number of halogens is 2. The zero-order valence-electron chi connectivity index (χ0n) is 6.97. The van der Waals surface area contributed by atoms with E-state index in [1.165, 1.54) is 0 Å². The first-order chi connectivity index (χ1) is 6.06. The topological polar surface area (TPSA) is 37.3 Å². The van der Waals surface area contributed by atoms with Crippen LogP contribution < -0.4 is 0 Å². The molecule has 1 aromatic carbocycles. The maximum absolute atomic E-state index is 10.7. The van der Waals surface area contributed by atoms with Crippen LogP contribution in [0.15, 0.2) is 12.1 Å². The van der Waals surface area contributed by atoms with Crippen molar-refractivity contribution in [3.63, 3.8) is 0 Å². The molecule has 0 spiro atoms. The molecule has 2 nitrogen and oxygen atoms in total. The van der Waals surface area contributed by atoms with E-state index < -0.39 is 5.97 Å². The Morgan fingerprint density at radius 1 is 1.62 bits per heavy atom. The van der Waals surface area contributed by atoms with Gasteiger partial charge in [-0.2, -0.15) is 0 Å². The number of carbonyl (C=O) groups is 1. The highest BCUT2D eigenvalue weighted by molar-refractivity contribution is 9.08. The van der Waals surface area contributed by atoms with Gasteiger partial charge in [-0.05, 0) is 24.1 Å². The number of aryl methyl sites for hydroxylation is 1. The minimum atomic E-state index is -0.990. The Hall–Kier alpha value is -0.540. The molecule has 0 atom stereocenters. The monoisotopic (exact) mass is 262 g/mol. The summed E-state index contributed by atoms with van der Waals surface area (Å²) in [6, 6.07) is 3.44. The highest BCUT2D eigenvalue weighted by atomic mass is 79.9. The van der Waals surface area contributed by atoms with E-state index in [0.29, 0.717) is 10.4 Å². The summed E-state index contributed by atoms with van der Waals surface area (Å²) in [7, 11) is 0. The Bertz CT molecular complexity index is 350. The molecule has 0 aromatic heterocycles. The molecule has 0 amide bonds. The van der Waals surface area contributed by atoms with Crippen LogP contribution in [-0.4, -0.2) is 11.1 Å². The van der Waals surface area contributed by atoms with E-state index in [1.54, 1.807) is 13.0 Å². The number of carboxylic acid groups (broad SMARTS) is 1. The summed E-state index contributed by atoms with van der Waals surface area (Å²) in [5.74, 6) is -0.990. The van der Waals surface area contributed by atoms with Gasteiger partial charge in [-0.25, -0.2) is 4.79 Å². The molecule has 13 heavy (non-hydrogen) atoms. The highest BCUT2D eigenvalue weighted by Gasteiger charge is 2.11. The van der Waals surface area contributed by atoms with Crippen LogP contribution in [0.25, 0.3) is 0 Å². The van der Waals surface area contributed by atoms with Gasteiger partial charge in [0.15, 0.2) is 0 Å². The Balaban J connectivity index is 3.33. The summed E-state index contributed by atoms with van der Waals surface area (Å²) in [6.07, 6.45) is 0. The summed E-state index contributed by atoms with van der Waals surface area (Å²) >= 11 is 9.08. The van der Waals surface area contributed by atoms with Crippen molar-refractivity contribution in [1.82, 2.24) is 0 Å². The summed E-state index contributed by atoms with van der Waals surface area (Å²) in [5.41, 5.74) is 1.87. The van der Waals surface area contributed by atoms with Crippen LogP contribution in [-0.2, 0) is 5.33 Å². The molecule has 0 radical (unpaired) electrons. The standard InChI is InChI=1S/C9H8BrClO2/c1-5-2-6(4-10)3-7(8(5)11)9(12)13/h2-3H,4H2,1H3,(H,12,13). The second-order valence-corrected chi connectivity index (χ2v) is 3.65. The molecule has 70 valence electrons. The molecular formula is C9H8BrClO2. The third-order valence-electron chi connectivity index (χ3n) is 1.70. The van der Waals surface area contributed by atoms with Crippen molar-refractivity contribution in [3.05, 3.63) is 33.8 Å². The normalized spacial score (nSPS) is 10.1. The molecule has 0 aliphatic rings. The third kappa shape index (κ3) is 2.23. The van der Waals surface area contributed by atoms with E-state index in [0.717, 1.165) is 11.1 Å². The van der Waals surface area contributed by atoms with E-state index in [9.17, 15) is 4.79 Å². The molecule has 1 aromatic rings. The second-order valence-electron chi connectivity index (χ2n) is 2.71. The summed E-state index contributed by atoms with van der Waals surface area (Å²) in [4.78, 5) is 10.7. The average Bonchev–Trinajstić information content (AvgIpc) is 2.09. The van der Waals surface area contributed by atoms with Gasteiger partial charge in [-0.1, -0.05) is 33.6 Å². The van der Waals surface area contributed by atoms with Gasteiger partial charge in [0, 0.05) is 5.33 Å². The lowest BCUT2D eigenvalue weighted by Crippen LogP contribution is -2.00. The number of benzene rings is 1. The van der Waals surface area contributed by atoms with Crippen molar-refractivity contribution in [2.75, 3.05) is 0 Å². The SMILES string of the molecule is Cc1cc(CBr)cc(C(=O)O)c1Cl. The summed E-state index contributed by atoms with van der Waals surface area (Å²) < 4.78 is 0. The Morgan fingerprint density at radius 2 is 2.23 bits per heavy atom. The molecule has 1 N–H and O–H groups in total. The Morgan fingerprint density at radius 3 is 2.69 bits per heavy atom. The van der Waals surface area contributed by atoms with Crippen molar-refractivity contribution in [3.8, 4) is 0 Å². The quantitative estimate of drug-likeness (QED) is 0.832. The molecule has 0 bridgehead atoms. The van der Waals surface area contributed by atoms with Crippen LogP contribution in [0.1, 0.15) is 21.5 Å². The number of alkyl halides is 1. The van der Waals surface area contributed by atoms with E-state index in [2.05, 4.69) is 15.9 Å². The van der Waals surface area contributed by atoms with E-state index in [-0.39, 0.29) is 5.56 Å². The maximum atomic E-state index is 10.7. The van der Waals surface area contributed by atoms with Gasteiger partial charge in [0.05, 0.1) is 10.6 Å². The number of carboxylic acids is 1. The Labute approximate surface area is 89.7 Å². The lowest BCUT2D eigenvalue weighted by molar-refractivity contribution is 0.0697. The minimum Gasteiger partial charge on any atom is -0.478 e. The van der Waals surface area contributed by atoms with Gasteiger partial charge in [0.1, 0.15) is 0 Å². The van der Waals surface area contributed by atoms with Gasteiger partial charge < -0.3 is 5.11 Å². The van der Waals surface area contributed by atoms with Crippen LogP contribution in [0, 0.1) is 6.92 Å². The zero-order chi connectivity index (χ0) is 10.0. The van der Waals surface area contributed by atoms with Crippen LogP contribution in [0.3, 0.4) is 0 Å². The van der Waals surface area contributed by atoms with Crippen molar-refractivity contribution in [2.45, 2.75) is 12.3 Å². The molecule has 0 aliphatic heterocycles. The van der Waals surface area contributed by atoms with Crippen LogP contribution >= 0.6 is 27.5 Å². The fraction of sp³-hybridized carbons (Fsp3) is 0.222. The smallest absolute Gasteiger partial charge is 0.337 e. The molecule has 0 aliphatic carbocycles. The van der Waals surface area contributed by atoms with E-state index in [1.807, 2.05) is 6.07 Å². The third-order valence-corrected chi connectivity index (χ3v) is 2.85. The number of aromatic carboxylic acids is 1. The maximum Gasteiger partial charge on any atom is 0.337 e. The van der Waals surface area contributed by atoms with Crippen LogP contribution in [0.5, 0.6) is 0 Å². The Kier molecular flexibility index (Phi) is 3.33. The van der Waals surface area contributed by atoms with Gasteiger partial charge in [-0.15, -0.1) is 0 Å². The van der Waals surface area contributed by atoms with Crippen molar-refractivity contribution < 1.29 is 9.90 Å². The highest BCUT2D eigenvalue weighted by Crippen LogP contribution is 2.23. The molecule has 0 fully saturated rings. The second kappa shape index (κ2) is 4.11. The first-order valence-electron chi connectivity index (χ1n) is 3.64. The molecule has 4 heteroatoms. The first kappa shape index (κ1) is 10.5. The van der Waals surface area contributed by atoms with E-state index >= 15 is 0 Å². The molecule has 0 saturated heterocycles. The molecule has 0 heterocycles. The lowest BCUT2D eigenvalue weighted by Gasteiger charge is -2.05. The van der Waals surface area contributed by atoms with E-state index in [4.69, 9.17) is 16.7 Å². The number of hydrogen-bond acceptors (Lipinski definition) is 1. The molecule has 0 unspecified atom stereocenters. The van der Waals surface area contributed by atoms with Gasteiger partial charge >= 0.3 is 5.97 Å². The number of hydrogen-bond donors (Lipinski definition) is 1. The largest absolute Gasteiger partial charge is 0.478 e. The fourth-order valence-corrected chi connectivity index (χ4v) is 1.59. The summed E-state index contributed by atoms with van der Waals surface area (Å²) in [6.45, 7) is 1.79. The van der Waals surface area contributed by atoms with Crippen LogP contribution in [0.2, 0.25) is 5.02 Å². The predicted octanol–water partition coefficient (Wildman–Crippen LogP) is 3.24. The van der Waals surface area contributed by atoms with Gasteiger partial charge in [-0.3, -0.25) is 0 Å². The fourth-order valence-electron chi connectivity index (χ4n) is 1.08. The molecule has 1 rings (SSSR count). The minimum absolute atomic E-state index is 0.163. The van der Waals surface area contributed by atoms with Crippen LogP contribution in [0.4, 0.5) is 0 Å².